The molecular weight excluding hydrogens is 134 g/mol. The van der Waals surface area contributed by atoms with Gasteiger partial charge in [0, 0.05) is 0 Å². The van der Waals surface area contributed by atoms with Gasteiger partial charge in [-0.1, -0.05) is 13.0 Å². The molecule has 0 aromatic carbocycles. The molecule has 1 N–H and O–H groups in total. The van der Waals surface area contributed by atoms with E-state index in [0.717, 1.165) is 19.4 Å². The first kappa shape index (κ1) is 8.99. The third-order valence-corrected chi connectivity index (χ3v) is 1.32. The predicted octanol–water partition coefficient (Wildman–Crippen LogP) is 2.13. The monoisotopic (exact) mass is 147 g/mol. The second-order valence-corrected chi connectivity index (χ2v) is 2.47. The van der Waals surface area contributed by atoms with E-state index < -0.39 is 0 Å². The molecule has 2 heteroatoms. The van der Waals surface area contributed by atoms with Crippen LogP contribution in [0.5, 0.6) is 0 Å². The van der Waals surface area contributed by atoms with Crippen molar-refractivity contribution in [3.8, 4) is 0 Å². The minimum absolute atomic E-state index is 0.0717. The van der Waals surface area contributed by atoms with Crippen molar-refractivity contribution in [3.63, 3.8) is 0 Å². The summed E-state index contributed by atoms with van der Waals surface area (Å²) in [5.41, 5.74) is 0.0717. The van der Waals surface area contributed by atoms with Crippen LogP contribution >= 0.6 is 11.6 Å². The van der Waals surface area contributed by atoms with Crippen LogP contribution in [0, 0.1) is 0 Å². The lowest BCUT2D eigenvalue weighted by Crippen LogP contribution is -2.23. The zero-order chi connectivity index (χ0) is 7.11. The fourth-order valence-corrected chi connectivity index (χ4v) is 0.766. The summed E-state index contributed by atoms with van der Waals surface area (Å²) in [5.74, 6) is 0. The average Bonchev–Trinajstić information content (AvgIpc) is 1.85. The summed E-state index contributed by atoms with van der Waals surface area (Å²) in [5, 5.41) is 3.13. The second kappa shape index (κ2) is 6.12. The number of rotatable bonds is 5. The van der Waals surface area contributed by atoms with Crippen molar-refractivity contribution in [2.75, 3.05) is 6.54 Å². The van der Waals surface area contributed by atoms with E-state index in [2.05, 4.69) is 18.8 Å². The molecular formula is C7H14ClN. The third kappa shape index (κ3) is 5.87. The molecule has 9 heavy (non-hydrogen) atoms. The molecule has 0 heterocycles. The van der Waals surface area contributed by atoms with Gasteiger partial charge in [0.15, 0.2) is 0 Å². The molecule has 0 saturated carbocycles. The van der Waals surface area contributed by atoms with E-state index in [0.29, 0.717) is 0 Å². The Balaban J connectivity index is 3.04. The molecule has 1 atom stereocenters. The van der Waals surface area contributed by atoms with E-state index in [4.69, 9.17) is 11.6 Å². The Hall–Kier alpha value is -0.0100. The molecule has 1 unspecified atom stereocenters. The van der Waals surface area contributed by atoms with Gasteiger partial charge in [-0.05, 0) is 19.4 Å². The highest BCUT2D eigenvalue weighted by atomic mass is 35.5. The van der Waals surface area contributed by atoms with Gasteiger partial charge in [0.2, 0.25) is 0 Å². The maximum Gasteiger partial charge on any atom is 0.0860 e. The highest BCUT2D eigenvalue weighted by Crippen LogP contribution is 1.96. The Bertz CT molecular complexity index is 73.3. The normalized spacial score (nSPS) is 13.1. The summed E-state index contributed by atoms with van der Waals surface area (Å²) in [6.07, 6.45) is 3.78. The minimum atomic E-state index is 0.0717. The van der Waals surface area contributed by atoms with Crippen molar-refractivity contribution >= 4 is 11.6 Å². The van der Waals surface area contributed by atoms with Crippen LogP contribution in [0.25, 0.3) is 0 Å². The summed E-state index contributed by atoms with van der Waals surface area (Å²) in [6, 6.07) is 0. The summed E-state index contributed by atoms with van der Waals surface area (Å²) >= 11 is 5.78. The molecule has 0 spiro atoms. The second-order valence-electron chi connectivity index (χ2n) is 1.95. The fraction of sp³-hybridized carbons (Fsp3) is 0.714. The van der Waals surface area contributed by atoms with Crippen LogP contribution in [0.4, 0.5) is 0 Å². The lowest BCUT2D eigenvalue weighted by Gasteiger charge is -2.06. The van der Waals surface area contributed by atoms with Crippen molar-refractivity contribution in [1.29, 1.82) is 0 Å². The van der Waals surface area contributed by atoms with Gasteiger partial charge in [-0.15, -0.1) is 18.2 Å². The van der Waals surface area contributed by atoms with Crippen LogP contribution in [-0.4, -0.2) is 12.0 Å². The first-order valence-electron chi connectivity index (χ1n) is 3.29. The van der Waals surface area contributed by atoms with Crippen LogP contribution in [-0.2, 0) is 0 Å². The molecule has 0 aromatic heterocycles. The van der Waals surface area contributed by atoms with Gasteiger partial charge >= 0.3 is 0 Å². The van der Waals surface area contributed by atoms with Gasteiger partial charge in [0.25, 0.3) is 0 Å². The highest BCUT2D eigenvalue weighted by Gasteiger charge is 1.96. The largest absolute Gasteiger partial charge is 0.301 e. The Labute approximate surface area is 62.1 Å². The smallest absolute Gasteiger partial charge is 0.0860 e. The standard InChI is InChI=1S/C7H14ClN/c1-3-5-7(8)9-6-4-2/h3,7,9H,1,4-6H2,2H3. The molecule has 0 rings (SSSR count). The fourth-order valence-electron chi connectivity index (χ4n) is 0.531. The summed E-state index contributed by atoms with van der Waals surface area (Å²) < 4.78 is 0. The van der Waals surface area contributed by atoms with Gasteiger partial charge in [-0.2, -0.15) is 0 Å². The number of nitrogens with one attached hydrogen (secondary N) is 1. The molecule has 0 fully saturated rings. The van der Waals surface area contributed by atoms with Gasteiger partial charge in [-0.3, -0.25) is 0 Å². The van der Waals surface area contributed by atoms with E-state index in [1.165, 1.54) is 0 Å². The zero-order valence-corrected chi connectivity index (χ0v) is 6.62. The van der Waals surface area contributed by atoms with E-state index in [9.17, 15) is 0 Å². The Morgan fingerprint density at radius 2 is 2.44 bits per heavy atom. The Morgan fingerprint density at radius 3 is 2.89 bits per heavy atom. The van der Waals surface area contributed by atoms with E-state index in [-0.39, 0.29) is 5.50 Å². The molecule has 0 aliphatic carbocycles. The maximum atomic E-state index is 5.78. The lowest BCUT2D eigenvalue weighted by atomic mass is 10.4. The first-order valence-corrected chi connectivity index (χ1v) is 3.73. The molecule has 54 valence electrons. The molecule has 0 saturated heterocycles. The van der Waals surface area contributed by atoms with Crippen LogP contribution in [0.2, 0.25) is 0 Å². The molecule has 1 nitrogen and oxygen atoms in total. The first-order chi connectivity index (χ1) is 4.31. The van der Waals surface area contributed by atoms with Crippen molar-refractivity contribution in [3.05, 3.63) is 12.7 Å². The topological polar surface area (TPSA) is 12.0 Å². The van der Waals surface area contributed by atoms with Crippen molar-refractivity contribution in [1.82, 2.24) is 5.32 Å². The Kier molecular flexibility index (Phi) is 6.11. The molecule has 0 aliphatic rings. The van der Waals surface area contributed by atoms with Crippen LogP contribution in [0.1, 0.15) is 19.8 Å². The van der Waals surface area contributed by atoms with Crippen LogP contribution < -0.4 is 5.32 Å². The van der Waals surface area contributed by atoms with Gasteiger partial charge < -0.3 is 5.32 Å². The SMILES string of the molecule is C=CCC(Cl)NCCC. The summed E-state index contributed by atoms with van der Waals surface area (Å²) in [6.45, 7) is 6.69. The maximum absolute atomic E-state index is 5.78. The molecule has 0 amide bonds. The average molecular weight is 148 g/mol. The minimum Gasteiger partial charge on any atom is -0.301 e. The number of hydrogen-bond donors (Lipinski definition) is 1. The number of hydrogen-bond acceptors (Lipinski definition) is 1. The number of alkyl halides is 1. The van der Waals surface area contributed by atoms with Crippen molar-refractivity contribution in [2.24, 2.45) is 0 Å². The van der Waals surface area contributed by atoms with Crippen molar-refractivity contribution < 1.29 is 0 Å². The quantitative estimate of drug-likeness (QED) is 0.357. The van der Waals surface area contributed by atoms with Crippen LogP contribution in [0.15, 0.2) is 12.7 Å². The molecule has 0 aromatic rings. The van der Waals surface area contributed by atoms with E-state index in [1.807, 2.05) is 6.08 Å². The van der Waals surface area contributed by atoms with Gasteiger partial charge in [-0.25, -0.2) is 0 Å². The predicted molar refractivity (Wildman–Crippen MR) is 42.7 cm³/mol. The third-order valence-electron chi connectivity index (χ3n) is 0.989. The number of halogens is 1. The van der Waals surface area contributed by atoms with E-state index >= 15 is 0 Å². The van der Waals surface area contributed by atoms with Crippen molar-refractivity contribution in [2.45, 2.75) is 25.3 Å². The molecule has 0 bridgehead atoms. The van der Waals surface area contributed by atoms with E-state index in [1.54, 1.807) is 0 Å². The zero-order valence-electron chi connectivity index (χ0n) is 5.86. The highest BCUT2D eigenvalue weighted by molar-refractivity contribution is 6.20. The van der Waals surface area contributed by atoms with Gasteiger partial charge in [0.1, 0.15) is 0 Å². The van der Waals surface area contributed by atoms with Crippen LogP contribution in [0.3, 0.4) is 0 Å². The Morgan fingerprint density at radius 1 is 1.78 bits per heavy atom. The molecule has 0 aliphatic heterocycles. The molecule has 0 radical (unpaired) electrons. The van der Waals surface area contributed by atoms with Gasteiger partial charge in [0.05, 0.1) is 5.50 Å². The summed E-state index contributed by atoms with van der Waals surface area (Å²) in [4.78, 5) is 0. The summed E-state index contributed by atoms with van der Waals surface area (Å²) in [7, 11) is 0. The lowest BCUT2D eigenvalue weighted by molar-refractivity contribution is 0.635.